The number of rotatable bonds is 9. The Kier molecular flexibility index (Phi) is 6.99. The van der Waals surface area contributed by atoms with Crippen LogP contribution in [-0.2, 0) is 15.8 Å². The van der Waals surface area contributed by atoms with E-state index in [1.807, 2.05) is 13.8 Å². The van der Waals surface area contributed by atoms with Gasteiger partial charge in [0.1, 0.15) is 5.82 Å². The molecule has 1 atom stereocenters. The van der Waals surface area contributed by atoms with Crippen LogP contribution >= 0.6 is 0 Å². The highest BCUT2D eigenvalue weighted by Crippen LogP contribution is 2.31. The van der Waals surface area contributed by atoms with Crippen LogP contribution in [0, 0.1) is 5.82 Å². The summed E-state index contributed by atoms with van der Waals surface area (Å²) in [5, 5.41) is 0. The first-order chi connectivity index (χ1) is 12.4. The molecule has 0 radical (unpaired) electrons. The van der Waals surface area contributed by atoms with Gasteiger partial charge in [-0.05, 0) is 44.5 Å². The summed E-state index contributed by atoms with van der Waals surface area (Å²) in [6, 6.07) is 10.6. The van der Waals surface area contributed by atoms with Crippen molar-refractivity contribution in [2.24, 2.45) is 0 Å². The summed E-state index contributed by atoms with van der Waals surface area (Å²) in [6.07, 6.45) is 0. The number of hydrogen-bond acceptors (Lipinski definition) is 4. The van der Waals surface area contributed by atoms with Crippen LogP contribution in [0.15, 0.2) is 42.5 Å². The van der Waals surface area contributed by atoms with Crippen molar-refractivity contribution in [1.82, 2.24) is 4.72 Å². The van der Waals surface area contributed by atoms with Crippen LogP contribution in [0.3, 0.4) is 0 Å². The fraction of sp³-hybridized carbons (Fsp3) is 0.368. The van der Waals surface area contributed by atoms with Gasteiger partial charge >= 0.3 is 0 Å². The van der Waals surface area contributed by atoms with Crippen LogP contribution in [0.5, 0.6) is 11.5 Å². The van der Waals surface area contributed by atoms with Crippen LogP contribution in [0.2, 0.25) is 0 Å². The van der Waals surface area contributed by atoms with Crippen molar-refractivity contribution < 1.29 is 22.3 Å². The Morgan fingerprint density at radius 2 is 1.69 bits per heavy atom. The highest BCUT2D eigenvalue weighted by Gasteiger charge is 2.19. The average molecular weight is 381 g/mol. The smallest absolute Gasteiger partial charge is 0.216 e. The monoisotopic (exact) mass is 381 g/mol. The van der Waals surface area contributed by atoms with E-state index in [0.717, 1.165) is 5.56 Å². The van der Waals surface area contributed by atoms with E-state index < -0.39 is 27.6 Å². The number of hydrogen-bond donors (Lipinski definition) is 1. The van der Waals surface area contributed by atoms with Crippen LogP contribution in [0.1, 0.15) is 37.9 Å². The number of halogens is 1. The molecule has 142 valence electrons. The zero-order valence-corrected chi connectivity index (χ0v) is 16.0. The Balaban J connectivity index is 2.16. The Labute approximate surface area is 154 Å². The molecule has 5 nitrogen and oxygen atoms in total. The Hall–Kier alpha value is -2.12. The van der Waals surface area contributed by atoms with E-state index in [-0.39, 0.29) is 5.56 Å². The van der Waals surface area contributed by atoms with Gasteiger partial charge in [-0.15, -0.1) is 0 Å². The Morgan fingerprint density at radius 1 is 1.04 bits per heavy atom. The standard InChI is InChI=1S/C19H24FNO4S/c1-4-24-18-11-10-15(12-19(18)25-5-2)14(3)21-26(22,23)13-16-8-6-7-9-17(16)20/h6-12,14,21H,4-5,13H2,1-3H3/t14-/m1/s1. The highest BCUT2D eigenvalue weighted by molar-refractivity contribution is 7.88. The van der Waals surface area contributed by atoms with Crippen LogP contribution in [0.4, 0.5) is 4.39 Å². The van der Waals surface area contributed by atoms with E-state index in [1.165, 1.54) is 18.2 Å². The lowest BCUT2D eigenvalue weighted by Gasteiger charge is -2.18. The number of benzene rings is 2. The van der Waals surface area contributed by atoms with E-state index in [4.69, 9.17) is 9.47 Å². The molecule has 2 aromatic carbocycles. The molecule has 0 aromatic heterocycles. The molecule has 0 heterocycles. The van der Waals surface area contributed by atoms with Crippen LogP contribution in [0.25, 0.3) is 0 Å². The Bertz CT molecular complexity index is 839. The van der Waals surface area contributed by atoms with E-state index in [9.17, 15) is 12.8 Å². The lowest BCUT2D eigenvalue weighted by Crippen LogP contribution is -2.28. The predicted octanol–water partition coefficient (Wildman–Crippen LogP) is 3.80. The normalized spacial score (nSPS) is 12.6. The highest BCUT2D eigenvalue weighted by atomic mass is 32.2. The summed E-state index contributed by atoms with van der Waals surface area (Å²) < 4.78 is 52.1. The Morgan fingerprint density at radius 3 is 2.35 bits per heavy atom. The minimum Gasteiger partial charge on any atom is -0.490 e. The fourth-order valence-electron chi connectivity index (χ4n) is 2.54. The summed E-state index contributed by atoms with van der Waals surface area (Å²) in [4.78, 5) is 0. The second-order valence-electron chi connectivity index (χ2n) is 5.76. The number of sulfonamides is 1. The molecule has 0 saturated carbocycles. The van der Waals surface area contributed by atoms with Gasteiger partial charge in [0.2, 0.25) is 10.0 Å². The molecule has 0 amide bonds. The molecule has 26 heavy (non-hydrogen) atoms. The van der Waals surface area contributed by atoms with E-state index in [2.05, 4.69) is 4.72 Å². The van der Waals surface area contributed by atoms with Crippen LogP contribution in [-0.4, -0.2) is 21.6 Å². The van der Waals surface area contributed by atoms with Gasteiger partial charge in [0.05, 0.1) is 19.0 Å². The van der Waals surface area contributed by atoms with Crippen molar-refractivity contribution in [1.29, 1.82) is 0 Å². The van der Waals surface area contributed by atoms with Crippen molar-refractivity contribution in [3.63, 3.8) is 0 Å². The molecule has 2 rings (SSSR count). The first-order valence-corrected chi connectivity index (χ1v) is 10.1. The van der Waals surface area contributed by atoms with Gasteiger partial charge in [0.25, 0.3) is 0 Å². The maximum Gasteiger partial charge on any atom is 0.216 e. The van der Waals surface area contributed by atoms with Crippen LogP contribution < -0.4 is 14.2 Å². The molecule has 0 aliphatic carbocycles. The first-order valence-electron chi connectivity index (χ1n) is 8.49. The topological polar surface area (TPSA) is 64.6 Å². The quantitative estimate of drug-likeness (QED) is 0.717. The molecule has 7 heteroatoms. The molecule has 1 N–H and O–H groups in total. The maximum absolute atomic E-state index is 13.7. The SMILES string of the molecule is CCOc1ccc([C@@H](C)NS(=O)(=O)Cc2ccccc2F)cc1OCC. The molecular formula is C19H24FNO4S. The molecular weight excluding hydrogens is 357 g/mol. The minimum absolute atomic E-state index is 0.133. The number of ether oxygens (including phenoxy) is 2. The molecule has 0 saturated heterocycles. The summed E-state index contributed by atoms with van der Waals surface area (Å²) in [5.41, 5.74) is 0.864. The first kappa shape index (κ1) is 20.2. The fourth-order valence-corrected chi connectivity index (χ4v) is 3.94. The summed E-state index contributed by atoms with van der Waals surface area (Å²) in [5.74, 6) is 0.219. The van der Waals surface area contributed by atoms with Crippen molar-refractivity contribution in [2.45, 2.75) is 32.6 Å². The van der Waals surface area contributed by atoms with Gasteiger partial charge in [0.15, 0.2) is 11.5 Å². The molecule has 0 aliphatic rings. The summed E-state index contributed by atoms with van der Waals surface area (Å²) in [7, 11) is -3.71. The van der Waals surface area contributed by atoms with Gasteiger partial charge in [0, 0.05) is 11.6 Å². The van der Waals surface area contributed by atoms with Crippen molar-refractivity contribution in [3.8, 4) is 11.5 Å². The largest absolute Gasteiger partial charge is 0.490 e. The van der Waals surface area contributed by atoms with E-state index in [1.54, 1.807) is 31.2 Å². The van der Waals surface area contributed by atoms with Crippen molar-refractivity contribution in [2.75, 3.05) is 13.2 Å². The van der Waals surface area contributed by atoms with Gasteiger partial charge < -0.3 is 9.47 Å². The minimum atomic E-state index is -3.71. The molecule has 0 unspecified atom stereocenters. The second kappa shape index (κ2) is 9.00. The van der Waals surface area contributed by atoms with Gasteiger partial charge in [-0.25, -0.2) is 17.5 Å². The van der Waals surface area contributed by atoms with Gasteiger partial charge in [-0.1, -0.05) is 24.3 Å². The molecule has 0 bridgehead atoms. The second-order valence-corrected chi connectivity index (χ2v) is 7.52. The third-order valence-electron chi connectivity index (χ3n) is 3.73. The maximum atomic E-state index is 13.7. The third kappa shape index (κ3) is 5.44. The zero-order chi connectivity index (χ0) is 19.2. The summed E-state index contributed by atoms with van der Waals surface area (Å²) in [6.45, 7) is 6.44. The lowest BCUT2D eigenvalue weighted by molar-refractivity contribution is 0.287. The van der Waals surface area contributed by atoms with Crippen molar-refractivity contribution in [3.05, 3.63) is 59.4 Å². The lowest BCUT2D eigenvalue weighted by atomic mass is 10.1. The van der Waals surface area contributed by atoms with Crippen molar-refractivity contribution >= 4 is 10.0 Å². The van der Waals surface area contributed by atoms with E-state index in [0.29, 0.717) is 24.7 Å². The molecule has 0 fully saturated rings. The van der Waals surface area contributed by atoms with Gasteiger partial charge in [-0.3, -0.25) is 0 Å². The summed E-state index contributed by atoms with van der Waals surface area (Å²) >= 11 is 0. The predicted molar refractivity (Wildman–Crippen MR) is 99.4 cm³/mol. The average Bonchev–Trinajstić information content (AvgIpc) is 2.58. The number of nitrogens with one attached hydrogen (secondary N) is 1. The van der Waals surface area contributed by atoms with E-state index >= 15 is 0 Å². The molecule has 0 spiro atoms. The molecule has 2 aromatic rings. The molecule has 0 aliphatic heterocycles. The van der Waals surface area contributed by atoms with Gasteiger partial charge in [-0.2, -0.15) is 0 Å². The third-order valence-corrected chi connectivity index (χ3v) is 5.13. The zero-order valence-electron chi connectivity index (χ0n) is 15.2.